The fourth-order valence-electron chi connectivity index (χ4n) is 3.86. The molecular formula is C25H32BrN3O4. The van der Waals surface area contributed by atoms with Gasteiger partial charge in [-0.1, -0.05) is 52.3 Å². The minimum Gasteiger partial charge on any atom is -0.480 e. The van der Waals surface area contributed by atoms with Gasteiger partial charge in [0.1, 0.15) is 11.6 Å². The number of alkyl carbamates (subject to hydrolysis) is 1. The first kappa shape index (κ1) is 25.1. The van der Waals surface area contributed by atoms with E-state index in [1.54, 1.807) is 20.8 Å². The van der Waals surface area contributed by atoms with E-state index in [4.69, 9.17) is 4.74 Å². The highest BCUT2D eigenvalue weighted by molar-refractivity contribution is 9.10. The summed E-state index contributed by atoms with van der Waals surface area (Å²) in [7, 11) is 0. The number of hydrogen-bond acceptors (Lipinski definition) is 5. The van der Waals surface area contributed by atoms with Gasteiger partial charge in [0.05, 0.1) is 0 Å². The van der Waals surface area contributed by atoms with E-state index in [1.165, 1.54) is 5.56 Å². The molecule has 2 N–H and O–H groups in total. The molecule has 0 aliphatic carbocycles. The lowest BCUT2D eigenvalue weighted by Crippen LogP contribution is -2.47. The molecule has 178 valence electrons. The van der Waals surface area contributed by atoms with Crippen molar-refractivity contribution in [1.82, 2.24) is 10.2 Å². The van der Waals surface area contributed by atoms with Gasteiger partial charge in [-0.3, -0.25) is 4.90 Å². The predicted octanol–water partition coefficient (Wildman–Crippen LogP) is 4.29. The van der Waals surface area contributed by atoms with Crippen LogP contribution in [0.15, 0.2) is 53.0 Å². The highest BCUT2D eigenvalue weighted by Crippen LogP contribution is 2.28. The molecule has 8 heteroatoms. The van der Waals surface area contributed by atoms with E-state index in [-0.39, 0.29) is 6.42 Å². The van der Waals surface area contributed by atoms with Crippen molar-refractivity contribution in [3.63, 3.8) is 0 Å². The second-order valence-corrected chi connectivity index (χ2v) is 10.2. The molecule has 1 atom stereocenters. The summed E-state index contributed by atoms with van der Waals surface area (Å²) in [5.74, 6) is -1.09. The summed E-state index contributed by atoms with van der Waals surface area (Å²) in [6, 6.07) is 15.2. The van der Waals surface area contributed by atoms with Gasteiger partial charge in [0, 0.05) is 49.3 Å². The Morgan fingerprint density at radius 2 is 1.76 bits per heavy atom. The van der Waals surface area contributed by atoms with Gasteiger partial charge in [-0.15, -0.1) is 0 Å². The van der Waals surface area contributed by atoms with Crippen molar-refractivity contribution >= 4 is 33.7 Å². The van der Waals surface area contributed by atoms with Crippen LogP contribution in [0.5, 0.6) is 0 Å². The number of anilines is 1. The third kappa shape index (κ3) is 7.75. The number of halogens is 1. The summed E-state index contributed by atoms with van der Waals surface area (Å²) in [6.07, 6.45) is -0.565. The topological polar surface area (TPSA) is 82.1 Å². The number of amides is 1. The normalized spacial score (nSPS) is 15.7. The van der Waals surface area contributed by atoms with Crippen molar-refractivity contribution < 1.29 is 19.4 Å². The van der Waals surface area contributed by atoms with Gasteiger partial charge in [0.25, 0.3) is 0 Å². The molecule has 0 spiro atoms. The maximum Gasteiger partial charge on any atom is 0.408 e. The molecule has 3 rings (SSSR count). The Bertz CT molecular complexity index is 954. The Balaban J connectivity index is 1.68. The standard InChI is InChI=1S/C25H32BrN3O4/c1-25(2,3)33-24(32)27-21(23(30)31)15-19-9-10-20(26)16-22(19)29-13-11-28(12-14-29)17-18-7-5-4-6-8-18/h4-10,16,21H,11-15,17H2,1-3H3,(H,27,32)(H,30,31). The first-order valence-corrected chi connectivity index (χ1v) is 11.9. The Labute approximate surface area is 203 Å². The van der Waals surface area contributed by atoms with E-state index in [1.807, 2.05) is 24.3 Å². The number of carbonyl (C=O) groups excluding carboxylic acids is 1. The molecule has 1 aliphatic rings. The van der Waals surface area contributed by atoms with Crippen LogP contribution in [0.4, 0.5) is 10.5 Å². The van der Waals surface area contributed by atoms with Gasteiger partial charge >= 0.3 is 12.1 Å². The molecule has 0 saturated carbocycles. The van der Waals surface area contributed by atoms with Gasteiger partial charge in [0.15, 0.2) is 0 Å². The van der Waals surface area contributed by atoms with E-state index in [0.29, 0.717) is 0 Å². The number of carbonyl (C=O) groups is 2. The summed E-state index contributed by atoms with van der Waals surface area (Å²) in [4.78, 5) is 28.8. The van der Waals surface area contributed by atoms with Crippen molar-refractivity contribution in [3.8, 4) is 0 Å². The average molecular weight is 518 g/mol. The Hall–Kier alpha value is -2.58. The monoisotopic (exact) mass is 517 g/mol. The number of aliphatic carboxylic acids is 1. The molecule has 1 aliphatic heterocycles. The lowest BCUT2D eigenvalue weighted by atomic mass is 10.0. The summed E-state index contributed by atoms with van der Waals surface area (Å²) in [5.41, 5.74) is 2.46. The highest BCUT2D eigenvalue weighted by Gasteiger charge is 2.27. The number of benzene rings is 2. The third-order valence-electron chi connectivity index (χ3n) is 5.42. The molecule has 2 aromatic carbocycles. The molecule has 1 amide bonds. The minimum absolute atomic E-state index is 0.168. The predicted molar refractivity (Wildman–Crippen MR) is 133 cm³/mol. The molecule has 1 saturated heterocycles. The molecule has 1 unspecified atom stereocenters. The summed E-state index contributed by atoms with van der Waals surface area (Å²) in [5, 5.41) is 12.2. The number of ether oxygens (including phenoxy) is 1. The number of hydrogen-bond donors (Lipinski definition) is 2. The molecule has 0 radical (unpaired) electrons. The van der Waals surface area contributed by atoms with Crippen LogP contribution in [0, 0.1) is 0 Å². The van der Waals surface area contributed by atoms with E-state index in [0.717, 1.165) is 48.4 Å². The molecule has 0 aromatic heterocycles. The van der Waals surface area contributed by atoms with Crippen molar-refractivity contribution in [2.75, 3.05) is 31.1 Å². The summed E-state index contributed by atoms with van der Waals surface area (Å²) < 4.78 is 6.18. The van der Waals surface area contributed by atoms with Crippen LogP contribution in [0.3, 0.4) is 0 Å². The van der Waals surface area contributed by atoms with Crippen molar-refractivity contribution in [1.29, 1.82) is 0 Å². The van der Waals surface area contributed by atoms with Gasteiger partial charge in [-0.25, -0.2) is 9.59 Å². The third-order valence-corrected chi connectivity index (χ3v) is 5.92. The first-order valence-electron chi connectivity index (χ1n) is 11.1. The molecule has 2 aromatic rings. The van der Waals surface area contributed by atoms with Crippen LogP contribution in [-0.2, 0) is 22.5 Å². The van der Waals surface area contributed by atoms with Crippen LogP contribution >= 0.6 is 15.9 Å². The number of piperazine rings is 1. The van der Waals surface area contributed by atoms with Crippen LogP contribution in [0.1, 0.15) is 31.9 Å². The molecule has 1 fully saturated rings. The van der Waals surface area contributed by atoms with Gasteiger partial charge in [-0.2, -0.15) is 0 Å². The summed E-state index contributed by atoms with van der Waals surface area (Å²) >= 11 is 3.54. The quantitative estimate of drug-likeness (QED) is 0.569. The van der Waals surface area contributed by atoms with Crippen LogP contribution < -0.4 is 10.2 Å². The van der Waals surface area contributed by atoms with Gasteiger partial charge < -0.3 is 20.1 Å². The van der Waals surface area contributed by atoms with Gasteiger partial charge in [-0.05, 0) is 44.0 Å². The van der Waals surface area contributed by atoms with E-state index >= 15 is 0 Å². The Morgan fingerprint density at radius 3 is 2.36 bits per heavy atom. The lowest BCUT2D eigenvalue weighted by molar-refractivity contribution is -0.139. The zero-order valence-corrected chi connectivity index (χ0v) is 21.0. The number of carboxylic acids is 1. The molecule has 7 nitrogen and oxygen atoms in total. The first-order chi connectivity index (χ1) is 15.6. The van der Waals surface area contributed by atoms with Gasteiger partial charge in [0.2, 0.25) is 0 Å². The number of carboxylic acid groups (broad SMARTS) is 1. The zero-order chi connectivity index (χ0) is 24.0. The zero-order valence-electron chi connectivity index (χ0n) is 19.4. The Morgan fingerprint density at radius 1 is 1.09 bits per heavy atom. The van der Waals surface area contributed by atoms with Crippen molar-refractivity contribution in [3.05, 3.63) is 64.1 Å². The fraction of sp³-hybridized carbons (Fsp3) is 0.440. The lowest BCUT2D eigenvalue weighted by Gasteiger charge is -2.37. The average Bonchev–Trinajstić information content (AvgIpc) is 2.74. The summed E-state index contributed by atoms with van der Waals surface area (Å²) in [6.45, 7) is 9.66. The van der Waals surface area contributed by atoms with E-state index in [9.17, 15) is 14.7 Å². The molecular weight excluding hydrogens is 486 g/mol. The fourth-order valence-corrected chi connectivity index (χ4v) is 4.21. The van der Waals surface area contributed by atoms with Crippen LogP contribution in [0.25, 0.3) is 0 Å². The number of rotatable bonds is 7. The van der Waals surface area contributed by atoms with Crippen molar-refractivity contribution in [2.45, 2.75) is 45.4 Å². The van der Waals surface area contributed by atoms with Crippen molar-refractivity contribution in [2.24, 2.45) is 0 Å². The maximum absolute atomic E-state index is 12.2. The Kier molecular flexibility index (Phi) is 8.37. The smallest absolute Gasteiger partial charge is 0.408 e. The number of nitrogens with zero attached hydrogens (tertiary/aromatic N) is 2. The maximum atomic E-state index is 12.2. The van der Waals surface area contributed by atoms with Crippen LogP contribution in [0.2, 0.25) is 0 Å². The number of nitrogens with one attached hydrogen (secondary N) is 1. The second-order valence-electron chi connectivity index (χ2n) is 9.26. The SMILES string of the molecule is CC(C)(C)OC(=O)NC(Cc1ccc(Br)cc1N1CCN(Cc2ccccc2)CC1)C(=O)O. The largest absolute Gasteiger partial charge is 0.480 e. The molecule has 33 heavy (non-hydrogen) atoms. The molecule has 0 bridgehead atoms. The minimum atomic E-state index is -1.09. The molecule has 1 heterocycles. The highest BCUT2D eigenvalue weighted by atomic mass is 79.9. The van der Waals surface area contributed by atoms with E-state index in [2.05, 4.69) is 55.3 Å². The van der Waals surface area contributed by atoms with E-state index < -0.39 is 23.7 Å². The van der Waals surface area contributed by atoms with Crippen LogP contribution in [-0.4, -0.2) is 59.9 Å². The second kappa shape index (κ2) is 11.0.